The predicted molar refractivity (Wildman–Crippen MR) is 134 cm³/mol. The molecule has 5 nitrogen and oxygen atoms in total. The highest BCUT2D eigenvalue weighted by Crippen LogP contribution is 2.37. The summed E-state index contributed by atoms with van der Waals surface area (Å²) in [5, 5.41) is 11.8. The second kappa shape index (κ2) is 9.27. The topological polar surface area (TPSA) is 72.0 Å². The number of nitrogens with one attached hydrogen (secondary N) is 1. The number of halogens is 2. The molecular weight excluding hydrogens is 497 g/mol. The molecule has 33 heavy (non-hydrogen) atoms. The van der Waals surface area contributed by atoms with Gasteiger partial charge in [0.05, 0.1) is 16.3 Å². The molecule has 0 unspecified atom stereocenters. The number of anilines is 1. The van der Waals surface area contributed by atoms with Crippen LogP contribution in [0.2, 0.25) is 10.0 Å². The Labute approximate surface area is 208 Å². The van der Waals surface area contributed by atoms with Gasteiger partial charge in [-0.05, 0) is 52.9 Å². The molecule has 1 N–H and O–H groups in total. The van der Waals surface area contributed by atoms with E-state index in [2.05, 4.69) is 27.6 Å². The van der Waals surface area contributed by atoms with Crippen molar-refractivity contribution in [2.24, 2.45) is 0 Å². The Bertz CT molecular complexity index is 1400. The van der Waals surface area contributed by atoms with E-state index in [1.165, 1.54) is 51.4 Å². The zero-order valence-corrected chi connectivity index (χ0v) is 20.1. The third-order valence-electron chi connectivity index (χ3n) is 5.25. The first-order chi connectivity index (χ1) is 16.0. The van der Waals surface area contributed by atoms with Gasteiger partial charge in [-0.15, -0.1) is 10.2 Å². The van der Waals surface area contributed by atoms with Crippen LogP contribution in [-0.2, 0) is 6.42 Å². The molecular formula is C24H15Cl2N3O2S2. The van der Waals surface area contributed by atoms with Gasteiger partial charge in [-0.2, -0.15) is 0 Å². The first kappa shape index (κ1) is 22.1. The number of carbonyl (C=O) groups excluding carboxylic acids is 2. The number of thioether (sulfide) groups is 1. The molecule has 0 fully saturated rings. The molecule has 164 valence electrons. The SMILES string of the molecule is O=C(CSc1nnc(NC(=O)c2ccc(Cl)cc2Cl)s1)c1ccc2c(c1)Cc1ccccc1-2. The van der Waals surface area contributed by atoms with E-state index in [4.69, 9.17) is 23.2 Å². The van der Waals surface area contributed by atoms with Crippen LogP contribution >= 0.6 is 46.3 Å². The molecule has 4 aromatic rings. The molecule has 1 amide bonds. The molecule has 0 atom stereocenters. The molecule has 3 aromatic carbocycles. The Morgan fingerprint density at radius 1 is 0.970 bits per heavy atom. The largest absolute Gasteiger partial charge is 0.296 e. The molecule has 0 saturated heterocycles. The van der Waals surface area contributed by atoms with E-state index in [-0.39, 0.29) is 16.6 Å². The van der Waals surface area contributed by atoms with Gasteiger partial charge in [0.2, 0.25) is 5.13 Å². The van der Waals surface area contributed by atoms with Crippen LogP contribution in [0.5, 0.6) is 0 Å². The highest BCUT2D eigenvalue weighted by atomic mass is 35.5. The Kier molecular flexibility index (Phi) is 6.21. The lowest BCUT2D eigenvalue weighted by Gasteiger charge is -2.04. The lowest BCUT2D eigenvalue weighted by Crippen LogP contribution is -2.12. The van der Waals surface area contributed by atoms with E-state index in [0.717, 1.165) is 6.42 Å². The van der Waals surface area contributed by atoms with Gasteiger partial charge < -0.3 is 0 Å². The minimum Gasteiger partial charge on any atom is -0.296 e. The van der Waals surface area contributed by atoms with Crippen LogP contribution in [-0.4, -0.2) is 27.6 Å². The number of amides is 1. The molecule has 1 aromatic heterocycles. The Morgan fingerprint density at radius 2 is 1.79 bits per heavy atom. The Hall–Kier alpha value is -2.71. The lowest BCUT2D eigenvalue weighted by atomic mass is 10.0. The van der Waals surface area contributed by atoms with E-state index in [0.29, 0.717) is 25.6 Å². The van der Waals surface area contributed by atoms with E-state index < -0.39 is 5.91 Å². The zero-order valence-electron chi connectivity index (χ0n) is 17.0. The molecule has 9 heteroatoms. The van der Waals surface area contributed by atoms with Crippen molar-refractivity contribution in [3.05, 3.63) is 93.0 Å². The number of ketones is 1. The minimum absolute atomic E-state index is 0.0208. The predicted octanol–water partition coefficient (Wildman–Crippen LogP) is 6.64. The molecule has 0 spiro atoms. The molecule has 0 radical (unpaired) electrons. The number of Topliss-reactive ketones (excluding diaryl/α,β-unsaturated/α-hetero) is 1. The molecule has 0 saturated carbocycles. The van der Waals surface area contributed by atoms with E-state index in [1.807, 2.05) is 30.3 Å². The zero-order chi connectivity index (χ0) is 22.9. The molecule has 0 bridgehead atoms. The number of nitrogens with zero attached hydrogens (tertiary/aromatic N) is 2. The number of benzene rings is 3. The van der Waals surface area contributed by atoms with Crippen LogP contribution < -0.4 is 5.32 Å². The molecule has 1 aliphatic rings. The van der Waals surface area contributed by atoms with E-state index in [1.54, 1.807) is 12.1 Å². The van der Waals surface area contributed by atoms with Gasteiger partial charge >= 0.3 is 0 Å². The molecule has 0 aliphatic heterocycles. The van der Waals surface area contributed by atoms with Crippen LogP contribution in [0.1, 0.15) is 31.8 Å². The highest BCUT2D eigenvalue weighted by molar-refractivity contribution is 8.01. The summed E-state index contributed by atoms with van der Waals surface area (Å²) in [5.74, 6) is -0.149. The average Bonchev–Trinajstić information content (AvgIpc) is 3.40. The van der Waals surface area contributed by atoms with Crippen LogP contribution in [0.15, 0.2) is 65.0 Å². The standard InChI is InChI=1S/C24H15Cl2N3O2S2/c25-16-6-8-19(20(26)11-16)22(31)27-23-28-29-24(33-23)32-12-21(30)14-5-7-18-15(10-14)9-13-3-1-2-4-17(13)18/h1-8,10-11H,9,12H2,(H,27,28,31). The number of carbonyl (C=O) groups is 2. The van der Waals surface area contributed by atoms with Crippen LogP contribution in [0.3, 0.4) is 0 Å². The van der Waals surface area contributed by atoms with Crippen molar-refractivity contribution < 1.29 is 9.59 Å². The summed E-state index contributed by atoms with van der Waals surface area (Å²) in [6.07, 6.45) is 0.844. The summed E-state index contributed by atoms with van der Waals surface area (Å²) in [6, 6.07) is 18.8. The van der Waals surface area contributed by atoms with Gasteiger partial charge in [-0.3, -0.25) is 14.9 Å². The van der Waals surface area contributed by atoms with Gasteiger partial charge in [-0.25, -0.2) is 0 Å². The van der Waals surface area contributed by atoms with Crippen molar-refractivity contribution in [1.29, 1.82) is 0 Å². The summed E-state index contributed by atoms with van der Waals surface area (Å²) in [6.45, 7) is 0. The molecule has 1 heterocycles. The summed E-state index contributed by atoms with van der Waals surface area (Å²) in [5.41, 5.74) is 5.87. The third kappa shape index (κ3) is 4.68. The minimum atomic E-state index is -0.403. The summed E-state index contributed by atoms with van der Waals surface area (Å²) in [4.78, 5) is 25.2. The van der Waals surface area contributed by atoms with Crippen molar-refractivity contribution in [1.82, 2.24) is 10.2 Å². The van der Waals surface area contributed by atoms with Crippen LogP contribution in [0.4, 0.5) is 5.13 Å². The Morgan fingerprint density at radius 3 is 2.64 bits per heavy atom. The van der Waals surface area contributed by atoms with Gasteiger partial charge in [0.1, 0.15) is 0 Å². The lowest BCUT2D eigenvalue weighted by molar-refractivity contribution is 0.101. The maximum atomic E-state index is 12.8. The van der Waals surface area contributed by atoms with E-state index >= 15 is 0 Å². The number of hydrogen-bond donors (Lipinski definition) is 1. The smallest absolute Gasteiger partial charge is 0.259 e. The van der Waals surface area contributed by atoms with Crippen molar-refractivity contribution in [2.75, 3.05) is 11.1 Å². The van der Waals surface area contributed by atoms with Crippen molar-refractivity contribution in [3.8, 4) is 11.1 Å². The fourth-order valence-electron chi connectivity index (χ4n) is 3.69. The normalized spacial score (nSPS) is 11.7. The number of fused-ring (bicyclic) bond motifs is 3. The number of rotatable bonds is 6. The number of aromatic nitrogens is 2. The fraction of sp³-hybridized carbons (Fsp3) is 0.0833. The second-order valence-electron chi connectivity index (χ2n) is 7.37. The maximum absolute atomic E-state index is 12.8. The van der Waals surface area contributed by atoms with Crippen LogP contribution in [0, 0.1) is 0 Å². The molecule has 1 aliphatic carbocycles. The first-order valence-corrected chi connectivity index (χ1v) is 12.5. The monoisotopic (exact) mass is 511 g/mol. The van der Waals surface area contributed by atoms with Gasteiger partial charge in [-0.1, -0.05) is 82.7 Å². The van der Waals surface area contributed by atoms with Gasteiger partial charge in [0, 0.05) is 10.6 Å². The van der Waals surface area contributed by atoms with Crippen molar-refractivity contribution >= 4 is 63.1 Å². The average molecular weight is 512 g/mol. The summed E-state index contributed by atoms with van der Waals surface area (Å²) >= 11 is 14.4. The Balaban J connectivity index is 1.21. The second-order valence-corrected chi connectivity index (χ2v) is 10.4. The quantitative estimate of drug-likeness (QED) is 0.157. The van der Waals surface area contributed by atoms with Crippen LogP contribution in [0.25, 0.3) is 11.1 Å². The van der Waals surface area contributed by atoms with Gasteiger partial charge in [0.15, 0.2) is 10.1 Å². The summed E-state index contributed by atoms with van der Waals surface area (Å²) < 4.78 is 0.592. The first-order valence-electron chi connectivity index (χ1n) is 9.95. The molecule has 5 rings (SSSR count). The summed E-state index contributed by atoms with van der Waals surface area (Å²) in [7, 11) is 0. The maximum Gasteiger partial charge on any atom is 0.259 e. The third-order valence-corrected chi connectivity index (χ3v) is 7.76. The highest BCUT2D eigenvalue weighted by Gasteiger charge is 2.20. The number of hydrogen-bond acceptors (Lipinski definition) is 6. The van der Waals surface area contributed by atoms with Gasteiger partial charge in [0.25, 0.3) is 5.91 Å². The van der Waals surface area contributed by atoms with Crippen molar-refractivity contribution in [3.63, 3.8) is 0 Å². The van der Waals surface area contributed by atoms with Crippen molar-refractivity contribution in [2.45, 2.75) is 10.8 Å². The fourth-order valence-corrected chi connectivity index (χ4v) is 5.82. The van der Waals surface area contributed by atoms with E-state index in [9.17, 15) is 9.59 Å².